The van der Waals surface area contributed by atoms with E-state index in [1.807, 2.05) is 6.07 Å². The van der Waals surface area contributed by atoms with Gasteiger partial charge in [-0.2, -0.15) is 18.4 Å². The van der Waals surface area contributed by atoms with Gasteiger partial charge in [0.15, 0.2) is 11.7 Å². The highest BCUT2D eigenvalue weighted by Gasteiger charge is 2.30. The number of aromatic nitrogens is 1. The second kappa shape index (κ2) is 9.81. The molecule has 3 aromatic rings. The standard InChI is InChI=1S/C21H15ClF3N3O2S/c22-18-6-3-15(21(23,24)25)9-14(18)10-17-11-27-20(31-17)28-19(29)12-30-16-4-1-13(2-5-16)7-8-26/h1-6,9,11H,7,10,12H2,(H,27,28,29). The van der Waals surface area contributed by atoms with Crippen molar-refractivity contribution in [3.63, 3.8) is 0 Å². The molecule has 0 bridgehead atoms. The second-order valence-corrected chi connectivity index (χ2v) is 7.95. The first kappa shape index (κ1) is 22.6. The summed E-state index contributed by atoms with van der Waals surface area (Å²) in [5.74, 6) is 0.0509. The van der Waals surface area contributed by atoms with E-state index in [0.29, 0.717) is 27.7 Å². The molecule has 0 atom stereocenters. The number of hydrogen-bond acceptors (Lipinski definition) is 5. The van der Waals surface area contributed by atoms with Gasteiger partial charge in [-0.3, -0.25) is 10.1 Å². The maximum atomic E-state index is 12.9. The van der Waals surface area contributed by atoms with Gasteiger partial charge in [0.05, 0.1) is 18.1 Å². The Hall–Kier alpha value is -3.09. The van der Waals surface area contributed by atoms with Gasteiger partial charge in [0.1, 0.15) is 5.75 Å². The van der Waals surface area contributed by atoms with Crippen LogP contribution in [-0.4, -0.2) is 17.5 Å². The Morgan fingerprint density at radius 3 is 2.65 bits per heavy atom. The van der Waals surface area contributed by atoms with Crippen LogP contribution in [-0.2, 0) is 23.8 Å². The molecule has 0 saturated heterocycles. The number of amides is 1. The Morgan fingerprint density at radius 2 is 1.97 bits per heavy atom. The van der Waals surface area contributed by atoms with E-state index in [4.69, 9.17) is 21.6 Å². The Morgan fingerprint density at radius 1 is 1.23 bits per heavy atom. The lowest BCUT2D eigenvalue weighted by atomic mass is 10.1. The predicted octanol–water partition coefficient (Wildman–Crippen LogP) is 5.49. The van der Waals surface area contributed by atoms with Crippen molar-refractivity contribution < 1.29 is 22.7 Å². The van der Waals surface area contributed by atoms with Crippen molar-refractivity contribution in [2.24, 2.45) is 0 Å². The van der Waals surface area contributed by atoms with Crippen molar-refractivity contribution in [3.05, 3.63) is 75.3 Å². The summed E-state index contributed by atoms with van der Waals surface area (Å²) in [7, 11) is 0. The SMILES string of the molecule is N#CCc1ccc(OCC(=O)Nc2ncc(Cc3cc(C(F)(F)F)ccc3Cl)s2)cc1. The van der Waals surface area contributed by atoms with Gasteiger partial charge in [-0.1, -0.05) is 23.7 Å². The highest BCUT2D eigenvalue weighted by atomic mass is 35.5. The number of carbonyl (C=O) groups excluding carboxylic acids is 1. The zero-order valence-corrected chi connectivity index (χ0v) is 17.4. The van der Waals surface area contributed by atoms with Gasteiger partial charge in [0, 0.05) is 22.5 Å². The molecule has 1 heterocycles. The number of nitrogens with one attached hydrogen (secondary N) is 1. The van der Waals surface area contributed by atoms with Crippen LogP contribution in [0, 0.1) is 11.3 Å². The third-order valence-corrected chi connectivity index (χ3v) is 5.40. The summed E-state index contributed by atoms with van der Waals surface area (Å²) >= 11 is 7.17. The number of hydrogen-bond donors (Lipinski definition) is 1. The first-order valence-electron chi connectivity index (χ1n) is 8.93. The summed E-state index contributed by atoms with van der Waals surface area (Å²) in [5, 5.41) is 11.8. The Labute approximate surface area is 185 Å². The zero-order valence-electron chi connectivity index (χ0n) is 15.9. The second-order valence-electron chi connectivity index (χ2n) is 6.43. The summed E-state index contributed by atoms with van der Waals surface area (Å²) in [5.41, 5.74) is 0.388. The predicted molar refractivity (Wildman–Crippen MR) is 111 cm³/mol. The van der Waals surface area contributed by atoms with Crippen molar-refractivity contribution in [2.75, 3.05) is 11.9 Å². The van der Waals surface area contributed by atoms with Crippen LogP contribution in [0.3, 0.4) is 0 Å². The minimum absolute atomic E-state index is 0.155. The molecule has 31 heavy (non-hydrogen) atoms. The summed E-state index contributed by atoms with van der Waals surface area (Å²) in [6, 6.07) is 12.0. The van der Waals surface area contributed by atoms with Crippen LogP contribution in [0.2, 0.25) is 5.02 Å². The topological polar surface area (TPSA) is 75.0 Å². The number of thiazole rings is 1. The molecule has 1 aromatic heterocycles. The largest absolute Gasteiger partial charge is 0.484 e. The van der Waals surface area contributed by atoms with Crippen molar-refractivity contribution in [1.29, 1.82) is 5.26 Å². The minimum Gasteiger partial charge on any atom is -0.484 e. The molecule has 0 spiro atoms. The zero-order chi connectivity index (χ0) is 22.4. The van der Waals surface area contributed by atoms with E-state index in [-0.39, 0.29) is 18.1 Å². The smallest absolute Gasteiger partial charge is 0.416 e. The van der Waals surface area contributed by atoms with Crippen LogP contribution in [0.4, 0.5) is 18.3 Å². The molecule has 5 nitrogen and oxygen atoms in total. The van der Waals surface area contributed by atoms with Crippen molar-refractivity contribution >= 4 is 34.0 Å². The molecule has 0 radical (unpaired) electrons. The average Bonchev–Trinajstić information content (AvgIpc) is 3.15. The number of rotatable bonds is 7. The quantitative estimate of drug-likeness (QED) is 0.500. The Kier molecular flexibility index (Phi) is 7.15. The molecular weight excluding hydrogens is 451 g/mol. The van der Waals surface area contributed by atoms with E-state index in [1.54, 1.807) is 24.3 Å². The van der Waals surface area contributed by atoms with Gasteiger partial charge in [-0.05, 0) is 41.5 Å². The Bertz CT molecular complexity index is 1110. The molecule has 1 N–H and O–H groups in total. The molecule has 0 aliphatic heterocycles. The Balaban J connectivity index is 1.56. The molecule has 0 unspecified atom stereocenters. The number of nitrogens with zero attached hydrogens (tertiary/aromatic N) is 2. The molecule has 3 rings (SSSR count). The van der Waals surface area contributed by atoms with Gasteiger partial charge < -0.3 is 4.74 Å². The van der Waals surface area contributed by atoms with Gasteiger partial charge in [-0.15, -0.1) is 11.3 Å². The molecular formula is C21H15ClF3N3O2S. The van der Waals surface area contributed by atoms with Crippen LogP contribution in [0.5, 0.6) is 5.75 Å². The van der Waals surface area contributed by atoms with Crippen molar-refractivity contribution in [3.8, 4) is 11.8 Å². The lowest BCUT2D eigenvalue weighted by Gasteiger charge is -2.09. The molecule has 160 valence electrons. The van der Waals surface area contributed by atoms with Crippen molar-refractivity contribution in [2.45, 2.75) is 19.0 Å². The molecule has 10 heteroatoms. The monoisotopic (exact) mass is 465 g/mol. The van der Waals surface area contributed by atoms with Crippen LogP contribution in [0.1, 0.15) is 21.6 Å². The fraction of sp³-hybridized carbons (Fsp3) is 0.190. The number of benzene rings is 2. The highest BCUT2D eigenvalue weighted by Crippen LogP contribution is 2.33. The fourth-order valence-corrected chi connectivity index (χ4v) is 3.66. The lowest BCUT2D eigenvalue weighted by molar-refractivity contribution is -0.137. The molecule has 0 saturated carbocycles. The maximum absolute atomic E-state index is 12.9. The molecule has 2 aromatic carbocycles. The number of anilines is 1. The van der Waals surface area contributed by atoms with Gasteiger partial charge in [0.25, 0.3) is 5.91 Å². The van der Waals surface area contributed by atoms with E-state index < -0.39 is 17.6 Å². The van der Waals surface area contributed by atoms with Crippen LogP contribution >= 0.6 is 22.9 Å². The van der Waals surface area contributed by atoms with Gasteiger partial charge in [0.2, 0.25) is 0 Å². The fourth-order valence-electron chi connectivity index (χ4n) is 2.62. The normalized spacial score (nSPS) is 11.1. The number of halogens is 4. The number of ether oxygens (including phenoxy) is 1. The summed E-state index contributed by atoms with van der Waals surface area (Å²) in [6.45, 7) is -0.244. The number of alkyl halides is 3. The minimum atomic E-state index is -4.46. The first-order chi connectivity index (χ1) is 14.7. The summed E-state index contributed by atoms with van der Waals surface area (Å²) < 4.78 is 44.1. The summed E-state index contributed by atoms with van der Waals surface area (Å²) in [6.07, 6.45) is -2.53. The van der Waals surface area contributed by atoms with E-state index in [1.165, 1.54) is 12.3 Å². The summed E-state index contributed by atoms with van der Waals surface area (Å²) in [4.78, 5) is 16.8. The lowest BCUT2D eigenvalue weighted by Crippen LogP contribution is -2.19. The third-order valence-electron chi connectivity index (χ3n) is 4.11. The molecule has 0 aliphatic carbocycles. The van der Waals surface area contributed by atoms with E-state index in [0.717, 1.165) is 29.0 Å². The van der Waals surface area contributed by atoms with E-state index in [2.05, 4.69) is 10.3 Å². The number of carbonyl (C=O) groups is 1. The van der Waals surface area contributed by atoms with Crippen LogP contribution in [0.25, 0.3) is 0 Å². The third kappa shape index (κ3) is 6.44. The maximum Gasteiger partial charge on any atom is 0.416 e. The van der Waals surface area contributed by atoms with Crippen LogP contribution in [0.15, 0.2) is 48.7 Å². The van der Waals surface area contributed by atoms with E-state index in [9.17, 15) is 18.0 Å². The van der Waals surface area contributed by atoms with Gasteiger partial charge in [-0.25, -0.2) is 4.98 Å². The molecule has 0 fully saturated rings. The van der Waals surface area contributed by atoms with E-state index >= 15 is 0 Å². The number of nitriles is 1. The molecule has 1 amide bonds. The molecule has 0 aliphatic rings. The first-order valence-corrected chi connectivity index (χ1v) is 10.1. The highest BCUT2D eigenvalue weighted by molar-refractivity contribution is 7.15. The van der Waals surface area contributed by atoms with Crippen LogP contribution < -0.4 is 10.1 Å². The van der Waals surface area contributed by atoms with Gasteiger partial charge >= 0.3 is 6.18 Å². The average molecular weight is 466 g/mol. The van der Waals surface area contributed by atoms with Crippen molar-refractivity contribution in [1.82, 2.24) is 4.98 Å².